The standard InChI is InChI=1S/C16H30N2O2/c1-11(2)10-12(13(19)18-15(3,4)5)16(14(17)20)8-6-7-9-16/h11-12H,6-10H2,1-5H3,(H2,17,20)(H,18,19)/t12-/m0/s1. The lowest BCUT2D eigenvalue weighted by Gasteiger charge is -2.36. The van der Waals surface area contributed by atoms with E-state index in [0.29, 0.717) is 12.3 Å². The van der Waals surface area contributed by atoms with Gasteiger partial charge in [-0.15, -0.1) is 0 Å². The van der Waals surface area contributed by atoms with Crippen LogP contribution in [-0.4, -0.2) is 17.4 Å². The summed E-state index contributed by atoms with van der Waals surface area (Å²) in [6.07, 6.45) is 4.18. The number of hydrogen-bond acceptors (Lipinski definition) is 2. The van der Waals surface area contributed by atoms with Gasteiger partial charge in [0.05, 0.1) is 11.3 Å². The van der Waals surface area contributed by atoms with Crippen LogP contribution in [0.5, 0.6) is 0 Å². The third kappa shape index (κ3) is 3.97. The van der Waals surface area contributed by atoms with Gasteiger partial charge in [0.2, 0.25) is 11.8 Å². The smallest absolute Gasteiger partial charge is 0.224 e. The fourth-order valence-corrected chi connectivity index (χ4v) is 3.28. The van der Waals surface area contributed by atoms with Crippen molar-refractivity contribution >= 4 is 11.8 Å². The third-order valence-corrected chi connectivity index (χ3v) is 4.18. The van der Waals surface area contributed by atoms with Gasteiger partial charge in [0, 0.05) is 5.54 Å². The van der Waals surface area contributed by atoms with E-state index < -0.39 is 5.41 Å². The van der Waals surface area contributed by atoms with E-state index in [4.69, 9.17) is 5.73 Å². The second-order valence-electron chi connectivity index (χ2n) is 7.65. The third-order valence-electron chi connectivity index (χ3n) is 4.18. The largest absolute Gasteiger partial charge is 0.369 e. The van der Waals surface area contributed by atoms with Gasteiger partial charge < -0.3 is 11.1 Å². The quantitative estimate of drug-likeness (QED) is 0.813. The van der Waals surface area contributed by atoms with Gasteiger partial charge in [0.1, 0.15) is 0 Å². The Morgan fingerprint density at radius 3 is 2.05 bits per heavy atom. The van der Waals surface area contributed by atoms with Crippen LogP contribution >= 0.6 is 0 Å². The molecule has 0 aliphatic heterocycles. The Kier molecular flexibility index (Phi) is 5.22. The Morgan fingerprint density at radius 2 is 1.70 bits per heavy atom. The first-order chi connectivity index (χ1) is 9.08. The number of rotatable bonds is 5. The van der Waals surface area contributed by atoms with Gasteiger partial charge in [-0.05, 0) is 46.0 Å². The van der Waals surface area contributed by atoms with E-state index in [9.17, 15) is 9.59 Å². The molecule has 2 amide bonds. The van der Waals surface area contributed by atoms with Crippen LogP contribution in [0.3, 0.4) is 0 Å². The Hall–Kier alpha value is -1.06. The van der Waals surface area contributed by atoms with Crippen molar-refractivity contribution in [3.63, 3.8) is 0 Å². The summed E-state index contributed by atoms with van der Waals surface area (Å²) in [7, 11) is 0. The number of carbonyl (C=O) groups is 2. The van der Waals surface area contributed by atoms with Gasteiger partial charge in [-0.1, -0.05) is 26.7 Å². The Bertz CT molecular complexity index is 363. The number of nitrogens with one attached hydrogen (secondary N) is 1. The van der Waals surface area contributed by atoms with Gasteiger partial charge in [-0.25, -0.2) is 0 Å². The summed E-state index contributed by atoms with van der Waals surface area (Å²) < 4.78 is 0. The molecule has 1 rings (SSSR count). The number of nitrogens with two attached hydrogens (primary N) is 1. The molecule has 0 bridgehead atoms. The molecule has 1 atom stereocenters. The number of primary amides is 1. The van der Waals surface area contributed by atoms with E-state index in [-0.39, 0.29) is 23.3 Å². The highest BCUT2D eigenvalue weighted by atomic mass is 16.2. The summed E-state index contributed by atoms with van der Waals surface area (Å²) in [5.41, 5.74) is 4.76. The Morgan fingerprint density at radius 1 is 1.20 bits per heavy atom. The summed E-state index contributed by atoms with van der Waals surface area (Å²) in [5, 5.41) is 3.03. The van der Waals surface area contributed by atoms with Crippen LogP contribution in [0.4, 0.5) is 0 Å². The van der Waals surface area contributed by atoms with E-state index in [1.807, 2.05) is 20.8 Å². The van der Waals surface area contributed by atoms with Gasteiger partial charge in [-0.2, -0.15) is 0 Å². The molecule has 0 heterocycles. The summed E-state index contributed by atoms with van der Waals surface area (Å²) in [5.74, 6) is -0.263. The number of amides is 2. The number of hydrogen-bond donors (Lipinski definition) is 2. The first-order valence-corrected chi connectivity index (χ1v) is 7.70. The van der Waals surface area contributed by atoms with E-state index in [1.165, 1.54) is 0 Å². The Balaban J connectivity index is 3.04. The zero-order chi connectivity index (χ0) is 15.6. The van der Waals surface area contributed by atoms with Gasteiger partial charge >= 0.3 is 0 Å². The summed E-state index contributed by atoms with van der Waals surface area (Å²) in [6, 6.07) is 0. The highest BCUT2D eigenvalue weighted by Gasteiger charge is 2.49. The average Bonchev–Trinajstić information content (AvgIpc) is 2.72. The van der Waals surface area contributed by atoms with Crippen LogP contribution in [0.2, 0.25) is 0 Å². The topological polar surface area (TPSA) is 72.2 Å². The summed E-state index contributed by atoms with van der Waals surface area (Å²) in [4.78, 5) is 24.7. The van der Waals surface area contributed by atoms with E-state index in [2.05, 4.69) is 19.2 Å². The molecule has 4 heteroatoms. The van der Waals surface area contributed by atoms with Crippen molar-refractivity contribution in [3.05, 3.63) is 0 Å². The van der Waals surface area contributed by atoms with Crippen LogP contribution in [0, 0.1) is 17.3 Å². The zero-order valence-corrected chi connectivity index (χ0v) is 13.6. The molecule has 0 aromatic heterocycles. The maximum atomic E-state index is 12.7. The highest BCUT2D eigenvalue weighted by Crippen LogP contribution is 2.46. The molecule has 0 saturated heterocycles. The molecule has 0 aromatic rings. The van der Waals surface area contributed by atoms with Crippen molar-refractivity contribution in [1.82, 2.24) is 5.32 Å². The average molecular weight is 282 g/mol. The van der Waals surface area contributed by atoms with Gasteiger partial charge in [0.25, 0.3) is 0 Å². The summed E-state index contributed by atoms with van der Waals surface area (Å²) in [6.45, 7) is 10.1. The van der Waals surface area contributed by atoms with Crippen LogP contribution in [0.1, 0.15) is 66.7 Å². The van der Waals surface area contributed by atoms with Gasteiger partial charge in [0.15, 0.2) is 0 Å². The van der Waals surface area contributed by atoms with Crippen molar-refractivity contribution in [2.24, 2.45) is 23.0 Å². The lowest BCUT2D eigenvalue weighted by molar-refractivity contribution is -0.142. The van der Waals surface area contributed by atoms with E-state index >= 15 is 0 Å². The molecule has 4 nitrogen and oxygen atoms in total. The molecule has 1 fully saturated rings. The molecule has 0 aromatic carbocycles. The van der Waals surface area contributed by atoms with Gasteiger partial charge in [-0.3, -0.25) is 9.59 Å². The molecule has 116 valence electrons. The van der Waals surface area contributed by atoms with Crippen molar-refractivity contribution < 1.29 is 9.59 Å². The zero-order valence-electron chi connectivity index (χ0n) is 13.6. The maximum absolute atomic E-state index is 12.7. The molecule has 20 heavy (non-hydrogen) atoms. The maximum Gasteiger partial charge on any atom is 0.224 e. The first kappa shape index (κ1) is 17.0. The monoisotopic (exact) mass is 282 g/mol. The Labute approximate surface area is 122 Å². The lowest BCUT2D eigenvalue weighted by atomic mass is 9.69. The van der Waals surface area contributed by atoms with Crippen molar-refractivity contribution in [1.29, 1.82) is 0 Å². The van der Waals surface area contributed by atoms with Crippen molar-refractivity contribution in [2.45, 2.75) is 72.3 Å². The van der Waals surface area contributed by atoms with Crippen LogP contribution in [-0.2, 0) is 9.59 Å². The lowest BCUT2D eigenvalue weighted by Crippen LogP contribution is -2.52. The number of carbonyl (C=O) groups excluding carboxylic acids is 2. The molecule has 0 radical (unpaired) electrons. The molecule has 0 spiro atoms. The van der Waals surface area contributed by atoms with E-state index in [1.54, 1.807) is 0 Å². The molecule has 1 saturated carbocycles. The minimum atomic E-state index is -0.639. The summed E-state index contributed by atoms with van der Waals surface area (Å²) >= 11 is 0. The van der Waals surface area contributed by atoms with Crippen LogP contribution in [0.15, 0.2) is 0 Å². The SMILES string of the molecule is CC(C)C[C@@H](C(=O)NC(C)(C)C)C1(C(N)=O)CCCC1. The normalized spacial score (nSPS) is 19.9. The fraction of sp³-hybridized carbons (Fsp3) is 0.875. The predicted octanol–water partition coefficient (Wildman–Crippen LogP) is 2.61. The molecule has 3 N–H and O–H groups in total. The van der Waals surface area contributed by atoms with Crippen molar-refractivity contribution in [2.75, 3.05) is 0 Å². The molecular weight excluding hydrogens is 252 g/mol. The van der Waals surface area contributed by atoms with Crippen molar-refractivity contribution in [3.8, 4) is 0 Å². The minimum absolute atomic E-state index is 0.0214. The molecule has 0 unspecified atom stereocenters. The second-order valence-corrected chi connectivity index (χ2v) is 7.65. The molecule has 1 aliphatic rings. The predicted molar refractivity (Wildman–Crippen MR) is 80.9 cm³/mol. The molecular formula is C16H30N2O2. The minimum Gasteiger partial charge on any atom is -0.369 e. The highest BCUT2D eigenvalue weighted by molar-refractivity contribution is 5.90. The second kappa shape index (κ2) is 6.15. The fourth-order valence-electron chi connectivity index (χ4n) is 3.28. The molecule has 1 aliphatic carbocycles. The first-order valence-electron chi connectivity index (χ1n) is 7.70. The van der Waals surface area contributed by atoms with Crippen LogP contribution in [0.25, 0.3) is 0 Å². The van der Waals surface area contributed by atoms with E-state index in [0.717, 1.165) is 25.7 Å². The van der Waals surface area contributed by atoms with Crippen LogP contribution < -0.4 is 11.1 Å².